The summed E-state index contributed by atoms with van der Waals surface area (Å²) in [5.41, 5.74) is 2.07. The van der Waals surface area contributed by atoms with E-state index >= 15 is 0 Å². The van der Waals surface area contributed by atoms with Crippen LogP contribution in [0.15, 0.2) is 46.9 Å². The molecular formula is C16H13BrINO3. The molecule has 114 valence electrons. The predicted molar refractivity (Wildman–Crippen MR) is 97.0 cm³/mol. The molecule has 4 nitrogen and oxygen atoms in total. The number of hydrogen-bond acceptors (Lipinski definition) is 3. The summed E-state index contributed by atoms with van der Waals surface area (Å²) >= 11 is 5.41. The Morgan fingerprint density at radius 1 is 1.23 bits per heavy atom. The second-order valence-corrected chi connectivity index (χ2v) is 6.64. The number of carbonyl (C=O) groups is 2. The van der Waals surface area contributed by atoms with Crippen LogP contribution in [0.3, 0.4) is 0 Å². The van der Waals surface area contributed by atoms with Crippen molar-refractivity contribution >= 4 is 56.1 Å². The Kier molecular flexibility index (Phi) is 5.96. The maximum atomic E-state index is 11.9. The van der Waals surface area contributed by atoms with E-state index < -0.39 is 5.97 Å². The number of rotatable bonds is 4. The first kappa shape index (κ1) is 17.0. The third-order valence-corrected chi connectivity index (χ3v) is 4.32. The van der Waals surface area contributed by atoms with Crippen molar-refractivity contribution in [1.82, 2.24) is 0 Å². The molecule has 2 aromatic rings. The molecule has 22 heavy (non-hydrogen) atoms. The molecule has 0 aromatic heterocycles. The zero-order valence-corrected chi connectivity index (χ0v) is 15.5. The molecule has 0 aliphatic rings. The lowest BCUT2D eigenvalue weighted by Gasteiger charge is -2.09. The molecule has 2 rings (SSSR count). The van der Waals surface area contributed by atoms with Crippen molar-refractivity contribution in [3.63, 3.8) is 0 Å². The van der Waals surface area contributed by atoms with E-state index in [1.165, 1.54) is 0 Å². The van der Waals surface area contributed by atoms with Gasteiger partial charge in [0.15, 0.2) is 6.61 Å². The smallest absolute Gasteiger partial charge is 0.339 e. The molecule has 0 bridgehead atoms. The molecule has 1 N–H and O–H groups in total. The fourth-order valence-electron chi connectivity index (χ4n) is 1.79. The fourth-order valence-corrected chi connectivity index (χ4v) is 2.87. The monoisotopic (exact) mass is 473 g/mol. The van der Waals surface area contributed by atoms with Gasteiger partial charge < -0.3 is 10.1 Å². The van der Waals surface area contributed by atoms with Crippen LogP contribution < -0.4 is 5.32 Å². The average molecular weight is 474 g/mol. The Bertz CT molecular complexity index is 718. The van der Waals surface area contributed by atoms with Crippen LogP contribution in [0.4, 0.5) is 5.69 Å². The normalized spacial score (nSPS) is 10.1. The van der Waals surface area contributed by atoms with Gasteiger partial charge in [-0.3, -0.25) is 4.79 Å². The molecule has 0 saturated carbocycles. The summed E-state index contributed by atoms with van der Waals surface area (Å²) in [5.74, 6) is -0.877. The number of anilines is 1. The molecule has 0 heterocycles. The molecule has 0 aliphatic heterocycles. The van der Waals surface area contributed by atoms with Gasteiger partial charge in [-0.15, -0.1) is 0 Å². The topological polar surface area (TPSA) is 55.4 Å². The number of amides is 1. The van der Waals surface area contributed by atoms with E-state index in [0.717, 1.165) is 13.6 Å². The van der Waals surface area contributed by atoms with Gasteiger partial charge in [0.25, 0.3) is 5.91 Å². The Labute approximate surface area is 150 Å². The Morgan fingerprint density at radius 2 is 1.95 bits per heavy atom. The minimum absolute atomic E-state index is 0.320. The Hall–Kier alpha value is -1.41. The quantitative estimate of drug-likeness (QED) is 0.536. The zero-order chi connectivity index (χ0) is 16.1. The summed E-state index contributed by atoms with van der Waals surface area (Å²) in [4.78, 5) is 23.8. The van der Waals surface area contributed by atoms with Crippen molar-refractivity contribution in [3.05, 3.63) is 61.6 Å². The van der Waals surface area contributed by atoms with Gasteiger partial charge in [-0.1, -0.05) is 28.1 Å². The largest absolute Gasteiger partial charge is 0.452 e. The van der Waals surface area contributed by atoms with Gasteiger partial charge in [0.2, 0.25) is 0 Å². The number of nitrogens with one attached hydrogen (secondary N) is 1. The molecule has 2 aromatic carbocycles. The average Bonchev–Trinajstić information content (AvgIpc) is 2.48. The van der Waals surface area contributed by atoms with E-state index in [-0.39, 0.29) is 12.5 Å². The van der Waals surface area contributed by atoms with Gasteiger partial charge in [-0.05, 0) is 65.4 Å². The summed E-state index contributed by atoms with van der Waals surface area (Å²) in [6, 6.07) is 12.6. The molecule has 0 aliphatic carbocycles. The molecular weight excluding hydrogens is 461 g/mol. The zero-order valence-electron chi connectivity index (χ0n) is 11.7. The maximum Gasteiger partial charge on any atom is 0.339 e. The minimum atomic E-state index is -0.507. The third kappa shape index (κ3) is 4.54. The second-order valence-electron chi connectivity index (χ2n) is 4.56. The molecule has 0 saturated heterocycles. The Morgan fingerprint density at radius 3 is 2.64 bits per heavy atom. The van der Waals surface area contributed by atoms with Crippen LogP contribution in [-0.2, 0) is 9.53 Å². The number of hydrogen-bond donors (Lipinski definition) is 1. The molecule has 0 radical (unpaired) electrons. The lowest BCUT2D eigenvalue weighted by Crippen LogP contribution is -2.21. The van der Waals surface area contributed by atoms with Crippen LogP contribution in [0.2, 0.25) is 0 Å². The second kappa shape index (κ2) is 7.73. The molecule has 0 unspecified atom stereocenters. The highest BCUT2D eigenvalue weighted by atomic mass is 127. The first-order chi connectivity index (χ1) is 10.5. The van der Waals surface area contributed by atoms with E-state index in [2.05, 4.69) is 43.8 Å². The van der Waals surface area contributed by atoms with Crippen LogP contribution in [0.1, 0.15) is 15.9 Å². The molecule has 0 spiro atoms. The van der Waals surface area contributed by atoms with E-state index in [1.54, 1.807) is 18.2 Å². The van der Waals surface area contributed by atoms with Crippen molar-refractivity contribution in [2.75, 3.05) is 11.9 Å². The Balaban J connectivity index is 1.93. The van der Waals surface area contributed by atoms with Gasteiger partial charge in [0, 0.05) is 13.7 Å². The number of aryl methyl sites for hydroxylation is 1. The van der Waals surface area contributed by atoms with E-state index in [9.17, 15) is 9.59 Å². The highest BCUT2D eigenvalue weighted by molar-refractivity contribution is 14.1. The van der Waals surface area contributed by atoms with Crippen LogP contribution >= 0.6 is 38.5 Å². The van der Waals surface area contributed by atoms with Crippen LogP contribution in [0.25, 0.3) is 0 Å². The lowest BCUT2D eigenvalue weighted by atomic mass is 10.2. The van der Waals surface area contributed by atoms with Crippen molar-refractivity contribution in [2.45, 2.75) is 6.92 Å². The van der Waals surface area contributed by atoms with Gasteiger partial charge in [0.05, 0.1) is 5.56 Å². The first-order valence-corrected chi connectivity index (χ1v) is 8.32. The van der Waals surface area contributed by atoms with E-state index in [0.29, 0.717) is 11.3 Å². The number of esters is 1. The maximum absolute atomic E-state index is 11.9. The standard InChI is InChI=1S/C16H13BrINO3/c1-10-8-11(17)6-7-14(10)19-15(20)9-22-16(21)12-4-2-3-5-13(12)18/h2-8H,9H2,1H3,(H,19,20). The van der Waals surface area contributed by atoms with Crippen LogP contribution in [-0.4, -0.2) is 18.5 Å². The van der Waals surface area contributed by atoms with Crippen molar-refractivity contribution < 1.29 is 14.3 Å². The van der Waals surface area contributed by atoms with Gasteiger partial charge in [0.1, 0.15) is 0 Å². The van der Waals surface area contributed by atoms with E-state index in [1.807, 2.05) is 31.2 Å². The summed E-state index contributed by atoms with van der Waals surface area (Å²) in [6.07, 6.45) is 0. The molecule has 6 heteroatoms. The SMILES string of the molecule is Cc1cc(Br)ccc1NC(=O)COC(=O)c1ccccc1I. The highest BCUT2D eigenvalue weighted by Crippen LogP contribution is 2.20. The summed E-state index contributed by atoms with van der Waals surface area (Å²) in [6.45, 7) is 1.57. The fraction of sp³-hybridized carbons (Fsp3) is 0.125. The van der Waals surface area contributed by atoms with Crippen LogP contribution in [0, 0.1) is 10.5 Å². The number of benzene rings is 2. The van der Waals surface area contributed by atoms with Gasteiger partial charge in [-0.2, -0.15) is 0 Å². The van der Waals surface area contributed by atoms with Gasteiger partial charge in [-0.25, -0.2) is 4.79 Å². The lowest BCUT2D eigenvalue weighted by molar-refractivity contribution is -0.119. The molecule has 1 amide bonds. The number of carbonyl (C=O) groups excluding carboxylic acids is 2. The minimum Gasteiger partial charge on any atom is -0.452 e. The predicted octanol–water partition coefficient (Wildman–Crippen LogP) is 4.16. The third-order valence-electron chi connectivity index (χ3n) is 2.89. The summed E-state index contributed by atoms with van der Waals surface area (Å²) in [7, 11) is 0. The summed E-state index contributed by atoms with van der Waals surface area (Å²) < 4.78 is 6.77. The highest BCUT2D eigenvalue weighted by Gasteiger charge is 2.13. The summed E-state index contributed by atoms with van der Waals surface area (Å²) in [5, 5.41) is 2.72. The molecule has 0 atom stereocenters. The van der Waals surface area contributed by atoms with Crippen molar-refractivity contribution in [1.29, 1.82) is 0 Å². The van der Waals surface area contributed by atoms with Gasteiger partial charge >= 0.3 is 5.97 Å². The van der Waals surface area contributed by atoms with Crippen LogP contribution in [0.5, 0.6) is 0 Å². The molecule has 0 fully saturated rings. The van der Waals surface area contributed by atoms with Crippen molar-refractivity contribution in [3.8, 4) is 0 Å². The number of halogens is 2. The van der Waals surface area contributed by atoms with Crippen molar-refractivity contribution in [2.24, 2.45) is 0 Å². The number of ether oxygens (including phenoxy) is 1. The van der Waals surface area contributed by atoms with E-state index in [4.69, 9.17) is 4.74 Å². The first-order valence-electron chi connectivity index (χ1n) is 6.45.